The number of rotatable bonds is 5. The van der Waals surface area contributed by atoms with Gasteiger partial charge in [-0.25, -0.2) is 0 Å². The van der Waals surface area contributed by atoms with E-state index in [2.05, 4.69) is 25.7 Å². The van der Waals surface area contributed by atoms with Gasteiger partial charge in [0, 0.05) is 18.7 Å². The van der Waals surface area contributed by atoms with E-state index in [1.807, 2.05) is 30.0 Å². The fraction of sp³-hybridized carbons (Fsp3) is 0.471. The fourth-order valence-electron chi connectivity index (χ4n) is 2.12. The maximum atomic E-state index is 12.7. The van der Waals surface area contributed by atoms with Crippen molar-refractivity contribution in [3.63, 3.8) is 0 Å². The Balaban J connectivity index is 3.14. The van der Waals surface area contributed by atoms with Gasteiger partial charge in [-0.3, -0.25) is 4.79 Å². The molecule has 1 rings (SSSR count). The molecule has 0 aliphatic carbocycles. The number of benzene rings is 1. The first-order valence-electron chi connectivity index (χ1n) is 7.22. The second-order valence-corrected chi connectivity index (χ2v) is 4.85. The van der Waals surface area contributed by atoms with Gasteiger partial charge in [0.15, 0.2) is 0 Å². The third kappa shape index (κ3) is 4.40. The standard InChI is InChI=1S/C17H24N2O/c1-4-11-19(12-5-2)17(20)16-13-14(3)8-9-15(16)7-6-10-18/h8-9,13H,4-5,10-12,18H2,1-3H3. The summed E-state index contributed by atoms with van der Waals surface area (Å²) in [7, 11) is 0. The van der Waals surface area contributed by atoms with Crippen LogP contribution >= 0.6 is 0 Å². The average molecular weight is 272 g/mol. The minimum absolute atomic E-state index is 0.0683. The van der Waals surface area contributed by atoms with Gasteiger partial charge in [0.25, 0.3) is 5.91 Å². The molecule has 0 bridgehead atoms. The lowest BCUT2D eigenvalue weighted by Crippen LogP contribution is -2.33. The highest BCUT2D eigenvalue weighted by Gasteiger charge is 2.17. The Morgan fingerprint density at radius 3 is 2.45 bits per heavy atom. The van der Waals surface area contributed by atoms with E-state index in [0.29, 0.717) is 12.1 Å². The fourth-order valence-corrected chi connectivity index (χ4v) is 2.12. The summed E-state index contributed by atoms with van der Waals surface area (Å²) in [6.45, 7) is 8.02. The molecular formula is C17H24N2O. The van der Waals surface area contributed by atoms with Crippen LogP contribution in [0.2, 0.25) is 0 Å². The molecule has 0 radical (unpaired) electrons. The summed E-state index contributed by atoms with van der Waals surface area (Å²) in [4.78, 5) is 14.6. The van der Waals surface area contributed by atoms with E-state index in [-0.39, 0.29) is 5.91 Å². The number of aryl methyl sites for hydroxylation is 1. The van der Waals surface area contributed by atoms with Crippen LogP contribution in [0.15, 0.2) is 18.2 Å². The Bertz CT molecular complexity index is 505. The lowest BCUT2D eigenvalue weighted by Gasteiger charge is -2.22. The molecule has 108 valence electrons. The van der Waals surface area contributed by atoms with Crippen molar-refractivity contribution < 1.29 is 4.79 Å². The Hall–Kier alpha value is -1.79. The third-order valence-corrected chi connectivity index (χ3v) is 3.00. The molecule has 0 aliphatic rings. The first kappa shape index (κ1) is 16.3. The van der Waals surface area contributed by atoms with E-state index in [9.17, 15) is 4.79 Å². The van der Waals surface area contributed by atoms with E-state index < -0.39 is 0 Å². The van der Waals surface area contributed by atoms with E-state index in [1.54, 1.807) is 0 Å². The summed E-state index contributed by atoms with van der Waals surface area (Å²) < 4.78 is 0. The number of carbonyl (C=O) groups excluding carboxylic acids is 1. The van der Waals surface area contributed by atoms with Crippen molar-refractivity contribution in [2.45, 2.75) is 33.6 Å². The predicted molar refractivity (Wildman–Crippen MR) is 83.6 cm³/mol. The van der Waals surface area contributed by atoms with E-state index in [4.69, 9.17) is 5.73 Å². The van der Waals surface area contributed by atoms with Crippen LogP contribution in [-0.4, -0.2) is 30.4 Å². The zero-order valence-electron chi connectivity index (χ0n) is 12.7. The first-order valence-corrected chi connectivity index (χ1v) is 7.22. The Labute approximate surface area is 122 Å². The second-order valence-electron chi connectivity index (χ2n) is 4.85. The van der Waals surface area contributed by atoms with Crippen molar-refractivity contribution in [1.29, 1.82) is 0 Å². The van der Waals surface area contributed by atoms with Gasteiger partial charge in [-0.05, 0) is 31.9 Å². The van der Waals surface area contributed by atoms with Crippen LogP contribution in [0.1, 0.15) is 48.2 Å². The molecule has 3 nitrogen and oxygen atoms in total. The molecule has 0 unspecified atom stereocenters. The molecular weight excluding hydrogens is 248 g/mol. The average Bonchev–Trinajstić information content (AvgIpc) is 2.45. The number of nitrogens with zero attached hydrogens (tertiary/aromatic N) is 1. The van der Waals surface area contributed by atoms with Gasteiger partial charge in [0.05, 0.1) is 12.1 Å². The number of hydrogen-bond acceptors (Lipinski definition) is 2. The summed E-state index contributed by atoms with van der Waals surface area (Å²) in [5.74, 6) is 5.90. The van der Waals surface area contributed by atoms with Crippen LogP contribution in [0.4, 0.5) is 0 Å². The zero-order chi connectivity index (χ0) is 15.0. The molecule has 1 aromatic carbocycles. The predicted octanol–water partition coefficient (Wildman–Crippen LogP) is 2.57. The minimum Gasteiger partial charge on any atom is -0.339 e. The van der Waals surface area contributed by atoms with E-state index in [0.717, 1.165) is 37.1 Å². The summed E-state index contributed by atoms with van der Waals surface area (Å²) in [6, 6.07) is 5.80. The lowest BCUT2D eigenvalue weighted by molar-refractivity contribution is 0.0755. The third-order valence-electron chi connectivity index (χ3n) is 3.00. The number of amides is 1. The Morgan fingerprint density at radius 2 is 1.90 bits per heavy atom. The molecule has 1 aromatic rings. The summed E-state index contributed by atoms with van der Waals surface area (Å²) in [5.41, 5.74) is 7.94. The van der Waals surface area contributed by atoms with Gasteiger partial charge in [-0.2, -0.15) is 0 Å². The molecule has 2 N–H and O–H groups in total. The molecule has 0 saturated carbocycles. The zero-order valence-corrected chi connectivity index (χ0v) is 12.7. The van der Waals surface area contributed by atoms with Crippen LogP contribution in [-0.2, 0) is 0 Å². The SMILES string of the molecule is CCCN(CCC)C(=O)c1cc(C)ccc1C#CCN. The van der Waals surface area contributed by atoms with Crippen LogP contribution in [0, 0.1) is 18.8 Å². The summed E-state index contributed by atoms with van der Waals surface area (Å²) >= 11 is 0. The van der Waals surface area contributed by atoms with E-state index >= 15 is 0 Å². The van der Waals surface area contributed by atoms with Crippen molar-refractivity contribution >= 4 is 5.91 Å². The van der Waals surface area contributed by atoms with Gasteiger partial charge in [0.1, 0.15) is 0 Å². The van der Waals surface area contributed by atoms with Crippen molar-refractivity contribution in [3.8, 4) is 11.8 Å². The topological polar surface area (TPSA) is 46.3 Å². The van der Waals surface area contributed by atoms with Crippen molar-refractivity contribution in [3.05, 3.63) is 34.9 Å². The van der Waals surface area contributed by atoms with Gasteiger partial charge in [-0.15, -0.1) is 0 Å². The Kier molecular flexibility index (Phi) is 6.83. The monoisotopic (exact) mass is 272 g/mol. The van der Waals surface area contributed by atoms with Crippen molar-refractivity contribution in [2.24, 2.45) is 5.73 Å². The normalized spacial score (nSPS) is 9.80. The molecule has 1 amide bonds. The molecule has 0 atom stereocenters. The molecule has 0 aromatic heterocycles. The molecule has 0 heterocycles. The largest absolute Gasteiger partial charge is 0.339 e. The van der Waals surface area contributed by atoms with Crippen molar-refractivity contribution in [1.82, 2.24) is 4.90 Å². The molecule has 0 aliphatic heterocycles. The van der Waals surface area contributed by atoms with Crippen LogP contribution < -0.4 is 5.73 Å². The number of carbonyl (C=O) groups is 1. The van der Waals surface area contributed by atoms with Gasteiger partial charge in [-0.1, -0.05) is 37.3 Å². The minimum atomic E-state index is 0.0683. The maximum absolute atomic E-state index is 12.7. The van der Waals surface area contributed by atoms with Crippen LogP contribution in [0.25, 0.3) is 0 Å². The molecule has 0 fully saturated rings. The van der Waals surface area contributed by atoms with Gasteiger partial charge < -0.3 is 10.6 Å². The number of nitrogens with two attached hydrogens (primary N) is 1. The lowest BCUT2D eigenvalue weighted by atomic mass is 10.0. The quantitative estimate of drug-likeness (QED) is 0.837. The van der Waals surface area contributed by atoms with Gasteiger partial charge >= 0.3 is 0 Å². The highest BCUT2D eigenvalue weighted by molar-refractivity contribution is 5.97. The molecule has 20 heavy (non-hydrogen) atoms. The second kappa shape index (κ2) is 8.39. The van der Waals surface area contributed by atoms with Gasteiger partial charge in [0.2, 0.25) is 0 Å². The highest BCUT2D eigenvalue weighted by atomic mass is 16.2. The van der Waals surface area contributed by atoms with Crippen LogP contribution in [0.5, 0.6) is 0 Å². The number of hydrogen-bond donors (Lipinski definition) is 1. The molecule has 0 spiro atoms. The van der Waals surface area contributed by atoms with Crippen molar-refractivity contribution in [2.75, 3.05) is 19.6 Å². The smallest absolute Gasteiger partial charge is 0.255 e. The highest BCUT2D eigenvalue weighted by Crippen LogP contribution is 2.14. The maximum Gasteiger partial charge on any atom is 0.255 e. The van der Waals surface area contributed by atoms with E-state index in [1.165, 1.54) is 0 Å². The summed E-state index contributed by atoms with van der Waals surface area (Å²) in [5, 5.41) is 0. The first-order chi connectivity index (χ1) is 9.63. The Morgan fingerprint density at radius 1 is 1.25 bits per heavy atom. The molecule has 3 heteroatoms. The van der Waals surface area contributed by atoms with Crippen LogP contribution in [0.3, 0.4) is 0 Å². The molecule has 0 saturated heterocycles. The summed E-state index contributed by atoms with van der Waals surface area (Å²) in [6.07, 6.45) is 1.92.